The molecular weight excluding hydrogens is 258 g/mol. The minimum Gasteiger partial charge on any atom is -0.399 e. The lowest BCUT2D eigenvalue weighted by atomic mass is 9.94. The standard InChI is InChI=1S/C19H23NO/c1-13-10-14(2)19(15(3)11-13)12-18(21)9-6-16-4-7-17(20)8-5-16/h4-5,7-8,10-11H,6,9,12,20H2,1-3H3. The molecule has 0 aliphatic carbocycles. The predicted octanol–water partition coefficient (Wildman–Crippen LogP) is 3.94. The van der Waals surface area contributed by atoms with E-state index in [1.54, 1.807) is 0 Å². The van der Waals surface area contributed by atoms with Crippen molar-refractivity contribution in [3.63, 3.8) is 0 Å². The number of hydrogen-bond acceptors (Lipinski definition) is 2. The van der Waals surface area contributed by atoms with Gasteiger partial charge in [-0.15, -0.1) is 0 Å². The summed E-state index contributed by atoms with van der Waals surface area (Å²) >= 11 is 0. The minimum atomic E-state index is 0.293. The van der Waals surface area contributed by atoms with Gasteiger partial charge in [0.2, 0.25) is 0 Å². The fourth-order valence-electron chi connectivity index (χ4n) is 2.74. The first-order chi connectivity index (χ1) is 9.95. The molecule has 0 aliphatic rings. The molecule has 2 aromatic carbocycles. The summed E-state index contributed by atoms with van der Waals surface area (Å²) in [6.45, 7) is 6.26. The summed E-state index contributed by atoms with van der Waals surface area (Å²) in [6, 6.07) is 12.0. The second-order valence-corrected chi connectivity index (χ2v) is 5.83. The van der Waals surface area contributed by atoms with E-state index < -0.39 is 0 Å². The third-order valence-electron chi connectivity index (χ3n) is 3.89. The number of hydrogen-bond donors (Lipinski definition) is 1. The molecule has 0 fully saturated rings. The molecule has 0 heterocycles. The first-order valence-electron chi connectivity index (χ1n) is 7.38. The first kappa shape index (κ1) is 15.3. The molecule has 0 radical (unpaired) electrons. The van der Waals surface area contributed by atoms with Crippen molar-refractivity contribution >= 4 is 11.5 Å². The van der Waals surface area contributed by atoms with Gasteiger partial charge in [0.25, 0.3) is 0 Å². The maximum absolute atomic E-state index is 12.2. The van der Waals surface area contributed by atoms with Crippen LogP contribution in [0.15, 0.2) is 36.4 Å². The van der Waals surface area contributed by atoms with E-state index in [0.29, 0.717) is 18.6 Å². The highest BCUT2D eigenvalue weighted by Crippen LogP contribution is 2.18. The molecule has 0 saturated carbocycles. The Balaban J connectivity index is 1.97. The number of aryl methyl sites for hydroxylation is 4. The molecule has 110 valence electrons. The van der Waals surface area contributed by atoms with Crippen LogP contribution in [0.5, 0.6) is 0 Å². The molecular formula is C19H23NO. The van der Waals surface area contributed by atoms with Gasteiger partial charge in [-0.3, -0.25) is 4.79 Å². The van der Waals surface area contributed by atoms with Gasteiger partial charge in [-0.1, -0.05) is 29.8 Å². The molecule has 2 nitrogen and oxygen atoms in total. The maximum atomic E-state index is 12.2. The average Bonchev–Trinajstić information content (AvgIpc) is 2.42. The summed E-state index contributed by atoms with van der Waals surface area (Å²) < 4.78 is 0. The van der Waals surface area contributed by atoms with Gasteiger partial charge in [0, 0.05) is 18.5 Å². The number of carbonyl (C=O) groups excluding carboxylic acids is 1. The summed E-state index contributed by atoms with van der Waals surface area (Å²) in [6.07, 6.45) is 1.90. The SMILES string of the molecule is Cc1cc(C)c(CC(=O)CCc2ccc(N)cc2)c(C)c1. The van der Waals surface area contributed by atoms with Crippen LogP contribution in [0.2, 0.25) is 0 Å². The number of rotatable bonds is 5. The topological polar surface area (TPSA) is 43.1 Å². The summed E-state index contributed by atoms with van der Waals surface area (Å²) in [5.41, 5.74) is 12.5. The van der Waals surface area contributed by atoms with E-state index in [4.69, 9.17) is 5.73 Å². The monoisotopic (exact) mass is 281 g/mol. The third kappa shape index (κ3) is 4.19. The normalized spacial score (nSPS) is 10.6. The fourth-order valence-corrected chi connectivity index (χ4v) is 2.74. The third-order valence-corrected chi connectivity index (χ3v) is 3.89. The highest BCUT2D eigenvalue weighted by atomic mass is 16.1. The zero-order valence-corrected chi connectivity index (χ0v) is 13.1. The second kappa shape index (κ2) is 6.57. The highest BCUT2D eigenvalue weighted by molar-refractivity contribution is 5.81. The number of ketones is 1. The Hall–Kier alpha value is -2.09. The van der Waals surface area contributed by atoms with Crippen LogP contribution < -0.4 is 5.73 Å². The molecule has 2 N–H and O–H groups in total. The summed E-state index contributed by atoms with van der Waals surface area (Å²) in [4.78, 5) is 12.2. The van der Waals surface area contributed by atoms with Gasteiger partial charge in [0.05, 0.1) is 0 Å². The molecule has 0 amide bonds. The molecule has 0 aromatic heterocycles. The largest absolute Gasteiger partial charge is 0.399 e. The summed E-state index contributed by atoms with van der Waals surface area (Å²) in [5, 5.41) is 0. The van der Waals surface area contributed by atoms with Crippen LogP contribution in [0.3, 0.4) is 0 Å². The quantitative estimate of drug-likeness (QED) is 0.844. The van der Waals surface area contributed by atoms with Gasteiger partial charge in [0.1, 0.15) is 5.78 Å². The maximum Gasteiger partial charge on any atom is 0.137 e. The van der Waals surface area contributed by atoms with Gasteiger partial charge >= 0.3 is 0 Å². The molecule has 0 saturated heterocycles. The molecule has 0 atom stereocenters. The Morgan fingerprint density at radius 2 is 1.57 bits per heavy atom. The number of Topliss-reactive ketones (excluding diaryl/α,β-unsaturated/α-hetero) is 1. The first-order valence-corrected chi connectivity index (χ1v) is 7.38. The molecule has 0 aliphatic heterocycles. The van der Waals surface area contributed by atoms with Crippen molar-refractivity contribution in [1.29, 1.82) is 0 Å². The van der Waals surface area contributed by atoms with Crippen molar-refractivity contribution in [1.82, 2.24) is 0 Å². The number of nitrogens with two attached hydrogens (primary N) is 1. The minimum absolute atomic E-state index is 0.293. The highest BCUT2D eigenvalue weighted by Gasteiger charge is 2.09. The van der Waals surface area contributed by atoms with Crippen LogP contribution in [-0.4, -0.2) is 5.78 Å². The van der Waals surface area contributed by atoms with E-state index in [-0.39, 0.29) is 0 Å². The van der Waals surface area contributed by atoms with Crippen LogP contribution in [-0.2, 0) is 17.6 Å². The van der Waals surface area contributed by atoms with Gasteiger partial charge < -0.3 is 5.73 Å². The molecule has 2 aromatic rings. The van der Waals surface area contributed by atoms with Crippen molar-refractivity contribution in [2.24, 2.45) is 0 Å². The van der Waals surface area contributed by atoms with E-state index in [9.17, 15) is 4.79 Å². The molecule has 0 unspecified atom stereocenters. The zero-order chi connectivity index (χ0) is 15.4. The Morgan fingerprint density at radius 1 is 1.00 bits per heavy atom. The number of nitrogen functional groups attached to an aromatic ring is 1. The summed E-state index contributed by atoms with van der Waals surface area (Å²) in [7, 11) is 0. The Bertz CT molecular complexity index is 618. The molecule has 0 spiro atoms. The molecule has 0 bridgehead atoms. The van der Waals surface area contributed by atoms with Gasteiger partial charge in [-0.05, 0) is 61.6 Å². The Morgan fingerprint density at radius 3 is 2.14 bits per heavy atom. The molecule has 2 rings (SSSR count). The number of anilines is 1. The van der Waals surface area contributed by atoms with Crippen LogP contribution in [0.4, 0.5) is 5.69 Å². The van der Waals surface area contributed by atoms with Crippen molar-refractivity contribution in [3.8, 4) is 0 Å². The average molecular weight is 281 g/mol. The van der Waals surface area contributed by atoms with Crippen molar-refractivity contribution in [3.05, 3.63) is 64.2 Å². The fraction of sp³-hybridized carbons (Fsp3) is 0.316. The number of carbonyl (C=O) groups is 1. The molecule has 21 heavy (non-hydrogen) atoms. The van der Waals surface area contributed by atoms with Crippen molar-refractivity contribution in [2.45, 2.75) is 40.0 Å². The Labute approximate surface area is 127 Å². The second-order valence-electron chi connectivity index (χ2n) is 5.83. The predicted molar refractivity (Wildman–Crippen MR) is 88.5 cm³/mol. The van der Waals surface area contributed by atoms with Gasteiger partial charge in [-0.25, -0.2) is 0 Å². The van der Waals surface area contributed by atoms with E-state index in [1.165, 1.54) is 22.3 Å². The van der Waals surface area contributed by atoms with Crippen LogP contribution in [0, 0.1) is 20.8 Å². The van der Waals surface area contributed by atoms with Crippen LogP contribution >= 0.6 is 0 Å². The lowest BCUT2D eigenvalue weighted by Gasteiger charge is -2.11. The van der Waals surface area contributed by atoms with Gasteiger partial charge in [-0.2, -0.15) is 0 Å². The Kier molecular flexibility index (Phi) is 4.79. The van der Waals surface area contributed by atoms with E-state index in [2.05, 4.69) is 32.9 Å². The van der Waals surface area contributed by atoms with E-state index >= 15 is 0 Å². The van der Waals surface area contributed by atoms with Crippen LogP contribution in [0.25, 0.3) is 0 Å². The van der Waals surface area contributed by atoms with Gasteiger partial charge in [0.15, 0.2) is 0 Å². The lowest BCUT2D eigenvalue weighted by molar-refractivity contribution is -0.118. The van der Waals surface area contributed by atoms with Crippen LogP contribution in [0.1, 0.15) is 34.2 Å². The lowest BCUT2D eigenvalue weighted by Crippen LogP contribution is -2.07. The zero-order valence-electron chi connectivity index (χ0n) is 13.1. The smallest absolute Gasteiger partial charge is 0.137 e. The van der Waals surface area contributed by atoms with Crippen molar-refractivity contribution < 1.29 is 4.79 Å². The van der Waals surface area contributed by atoms with E-state index in [1.807, 2.05) is 24.3 Å². The van der Waals surface area contributed by atoms with E-state index in [0.717, 1.165) is 17.7 Å². The number of benzene rings is 2. The molecule has 2 heteroatoms. The van der Waals surface area contributed by atoms with Crippen molar-refractivity contribution in [2.75, 3.05) is 5.73 Å². The summed E-state index contributed by atoms with van der Waals surface area (Å²) in [5.74, 6) is 0.293.